The number of rotatable bonds is 8. The number of benzene rings is 2. The lowest BCUT2D eigenvalue weighted by molar-refractivity contribution is 0.0946. The molecule has 11 heteroatoms. The maximum Gasteiger partial charge on any atom is 0.330 e. The van der Waals surface area contributed by atoms with Crippen LogP contribution in [0.25, 0.3) is 11.3 Å². The van der Waals surface area contributed by atoms with E-state index >= 15 is 0 Å². The third-order valence-electron chi connectivity index (χ3n) is 7.30. The van der Waals surface area contributed by atoms with Crippen LogP contribution >= 0.6 is 0 Å². The first-order valence-electron chi connectivity index (χ1n) is 13.7. The van der Waals surface area contributed by atoms with Crippen molar-refractivity contribution in [1.29, 1.82) is 0 Å². The number of hydrogen-bond donors (Lipinski definition) is 2. The molecule has 0 radical (unpaired) electrons. The van der Waals surface area contributed by atoms with E-state index in [9.17, 15) is 9.59 Å². The van der Waals surface area contributed by atoms with Gasteiger partial charge in [-0.1, -0.05) is 22.9 Å². The average Bonchev–Trinajstić information content (AvgIpc) is 3.37. The fourth-order valence-corrected chi connectivity index (χ4v) is 5.40. The van der Waals surface area contributed by atoms with E-state index in [4.69, 9.17) is 14.5 Å². The van der Waals surface area contributed by atoms with Gasteiger partial charge in [-0.15, -0.1) is 5.10 Å². The van der Waals surface area contributed by atoms with Gasteiger partial charge in [0.25, 0.3) is 5.91 Å². The van der Waals surface area contributed by atoms with E-state index in [1.165, 1.54) is 0 Å². The summed E-state index contributed by atoms with van der Waals surface area (Å²) in [4.78, 5) is 31.7. The average molecular weight is 558 g/mol. The van der Waals surface area contributed by atoms with Gasteiger partial charge in [0.2, 0.25) is 0 Å². The number of H-pyrrole nitrogens is 1. The summed E-state index contributed by atoms with van der Waals surface area (Å²) in [5.41, 5.74) is 7.86. The van der Waals surface area contributed by atoms with Gasteiger partial charge < -0.3 is 14.8 Å². The molecule has 2 aromatic carbocycles. The second kappa shape index (κ2) is 11.4. The van der Waals surface area contributed by atoms with E-state index in [1.807, 2.05) is 39.0 Å². The first-order chi connectivity index (χ1) is 19.7. The molecule has 1 aliphatic rings. The molecule has 5 rings (SSSR count). The van der Waals surface area contributed by atoms with Crippen LogP contribution in [0.5, 0.6) is 11.5 Å². The Kier molecular flexibility index (Phi) is 7.78. The van der Waals surface area contributed by atoms with Gasteiger partial charge in [0.1, 0.15) is 11.2 Å². The van der Waals surface area contributed by atoms with Crippen molar-refractivity contribution in [3.8, 4) is 22.8 Å². The lowest BCUT2D eigenvalue weighted by Crippen LogP contribution is -2.44. The molecule has 4 aromatic rings. The molecule has 2 N–H and O–H groups in total. The monoisotopic (exact) mass is 557 g/mol. The first kappa shape index (κ1) is 27.9. The number of aromatic amines is 1. The van der Waals surface area contributed by atoms with Crippen LogP contribution in [-0.2, 0) is 19.5 Å². The first-order valence-corrected chi connectivity index (χ1v) is 13.7. The number of carbonyl (C=O) groups excluding carboxylic acids is 1. The summed E-state index contributed by atoms with van der Waals surface area (Å²) in [6.45, 7) is 11.2. The highest BCUT2D eigenvalue weighted by atomic mass is 16.5. The Morgan fingerprint density at radius 3 is 2.51 bits per heavy atom. The molecule has 3 heterocycles. The Hall–Kier alpha value is -4.67. The number of nitrogens with one attached hydrogen (secondary N) is 2. The summed E-state index contributed by atoms with van der Waals surface area (Å²) in [7, 11) is 1.61. The minimum Gasteiger partial charge on any atom is -0.493 e. The number of nitrogens with zero attached hydrogens (tertiary/aromatic N) is 5. The molecule has 0 saturated heterocycles. The van der Waals surface area contributed by atoms with Gasteiger partial charge in [-0.05, 0) is 69.9 Å². The van der Waals surface area contributed by atoms with Crippen LogP contribution in [0.4, 0.5) is 5.69 Å². The predicted octanol–water partition coefficient (Wildman–Crippen LogP) is 3.29. The summed E-state index contributed by atoms with van der Waals surface area (Å²) in [5.74, 6) is 0.962. The summed E-state index contributed by atoms with van der Waals surface area (Å²) in [6, 6.07) is 10.0. The largest absolute Gasteiger partial charge is 0.493 e. The van der Waals surface area contributed by atoms with Gasteiger partial charge in [0.15, 0.2) is 11.5 Å². The quantitative estimate of drug-likeness (QED) is 0.342. The normalized spacial score (nSPS) is 12.6. The number of ether oxygens (including phenoxy) is 2. The molecule has 0 saturated carbocycles. The number of fused-ring (bicyclic) bond motifs is 3. The Morgan fingerprint density at radius 2 is 1.85 bits per heavy atom. The fraction of sp³-hybridized carbons (Fsp3) is 0.367. The molecule has 0 spiro atoms. The standard InChI is InChI=1S/C30H35N7O4/c1-7-41-25-14-21-8-10-36-23(22(21)15-24(25)40-6)16-26(32-27-18(3)12-17(2)13-19(27)4)37(30(36)39)11-9-31-29(38)28-20(5)33-35-34-28/h12-16H,7-11H2,1-6H3,(H,31,38)(H,33,34,35)/b32-26+. The van der Waals surface area contributed by atoms with E-state index in [0.29, 0.717) is 47.9 Å². The van der Waals surface area contributed by atoms with Gasteiger partial charge in [0, 0.05) is 31.3 Å². The molecule has 1 aliphatic heterocycles. The van der Waals surface area contributed by atoms with Crippen molar-refractivity contribution in [2.24, 2.45) is 4.99 Å². The summed E-state index contributed by atoms with van der Waals surface area (Å²) in [6.07, 6.45) is 0.668. The second-order valence-electron chi connectivity index (χ2n) is 10.2. The number of amides is 1. The van der Waals surface area contributed by atoms with Crippen molar-refractivity contribution in [3.05, 3.63) is 79.9 Å². The molecular formula is C30H35N7O4. The Morgan fingerprint density at radius 1 is 1.10 bits per heavy atom. The van der Waals surface area contributed by atoms with Crippen molar-refractivity contribution in [3.63, 3.8) is 0 Å². The molecular weight excluding hydrogens is 522 g/mol. The molecule has 1 amide bonds. The molecule has 0 aliphatic carbocycles. The topological polar surface area (TPSA) is 128 Å². The van der Waals surface area contributed by atoms with Crippen molar-refractivity contribution >= 4 is 11.6 Å². The van der Waals surface area contributed by atoms with Gasteiger partial charge in [0.05, 0.1) is 30.8 Å². The summed E-state index contributed by atoms with van der Waals surface area (Å²) < 4.78 is 14.8. The van der Waals surface area contributed by atoms with Crippen molar-refractivity contribution in [2.45, 2.75) is 54.1 Å². The van der Waals surface area contributed by atoms with Gasteiger partial charge in [-0.3, -0.25) is 19.0 Å². The molecule has 11 nitrogen and oxygen atoms in total. The number of carbonyl (C=O) groups is 1. The van der Waals surface area contributed by atoms with E-state index in [0.717, 1.165) is 39.2 Å². The molecule has 0 atom stereocenters. The fourth-order valence-electron chi connectivity index (χ4n) is 5.40. The van der Waals surface area contributed by atoms with Crippen molar-refractivity contribution < 1.29 is 14.3 Å². The van der Waals surface area contributed by atoms with Crippen LogP contribution in [0.2, 0.25) is 0 Å². The van der Waals surface area contributed by atoms with Crippen LogP contribution in [0, 0.1) is 27.7 Å². The Labute approximate surface area is 237 Å². The molecule has 41 heavy (non-hydrogen) atoms. The van der Waals surface area contributed by atoms with E-state index in [1.54, 1.807) is 23.2 Å². The van der Waals surface area contributed by atoms with Crippen LogP contribution in [0.1, 0.15) is 45.4 Å². The smallest absolute Gasteiger partial charge is 0.330 e. The van der Waals surface area contributed by atoms with Crippen LogP contribution in [0.15, 0.2) is 40.1 Å². The third-order valence-corrected chi connectivity index (χ3v) is 7.30. The third kappa shape index (κ3) is 5.39. The van der Waals surface area contributed by atoms with Crippen molar-refractivity contribution in [1.82, 2.24) is 29.9 Å². The molecule has 0 bridgehead atoms. The van der Waals surface area contributed by atoms with Crippen LogP contribution < -0.4 is 26.0 Å². The van der Waals surface area contributed by atoms with E-state index in [2.05, 4.69) is 39.8 Å². The zero-order chi connectivity index (χ0) is 29.3. The number of methoxy groups -OCH3 is 1. The zero-order valence-electron chi connectivity index (χ0n) is 24.3. The minimum atomic E-state index is -0.332. The maximum absolute atomic E-state index is 14.0. The van der Waals surface area contributed by atoms with Gasteiger partial charge in [-0.2, -0.15) is 0 Å². The Bertz CT molecular complexity index is 1740. The SMILES string of the molecule is CCOc1cc2c(cc1OC)-c1c/c(=N\c3c(C)cc(C)cc3C)n(CCNC(=O)c3[nH]nnc3C)c(=O)n1CC2. The van der Waals surface area contributed by atoms with Crippen molar-refractivity contribution in [2.75, 3.05) is 20.3 Å². The predicted molar refractivity (Wildman–Crippen MR) is 155 cm³/mol. The summed E-state index contributed by atoms with van der Waals surface area (Å²) >= 11 is 0. The highest BCUT2D eigenvalue weighted by Gasteiger charge is 2.23. The molecule has 0 fully saturated rings. The number of aryl methyl sites for hydroxylation is 5. The number of hydrogen-bond acceptors (Lipinski definition) is 7. The zero-order valence-corrected chi connectivity index (χ0v) is 24.3. The maximum atomic E-state index is 14.0. The lowest BCUT2D eigenvalue weighted by atomic mass is 9.97. The molecule has 0 unspecified atom stereocenters. The highest BCUT2D eigenvalue weighted by Crippen LogP contribution is 2.37. The van der Waals surface area contributed by atoms with E-state index < -0.39 is 0 Å². The second-order valence-corrected chi connectivity index (χ2v) is 10.2. The Balaban J connectivity index is 1.63. The van der Waals surface area contributed by atoms with Crippen LogP contribution in [0.3, 0.4) is 0 Å². The van der Waals surface area contributed by atoms with Crippen LogP contribution in [-0.4, -0.2) is 50.7 Å². The van der Waals surface area contributed by atoms with E-state index in [-0.39, 0.29) is 24.7 Å². The molecule has 2 aromatic heterocycles. The van der Waals surface area contributed by atoms with Gasteiger partial charge in [-0.25, -0.2) is 9.79 Å². The highest BCUT2D eigenvalue weighted by molar-refractivity contribution is 5.93. The summed E-state index contributed by atoms with van der Waals surface area (Å²) in [5, 5.41) is 13.0. The number of aromatic nitrogens is 5. The lowest BCUT2D eigenvalue weighted by Gasteiger charge is -2.25. The minimum absolute atomic E-state index is 0.198. The van der Waals surface area contributed by atoms with Gasteiger partial charge >= 0.3 is 5.69 Å². The molecule has 214 valence electrons.